The summed E-state index contributed by atoms with van der Waals surface area (Å²) in [7, 11) is 0. The van der Waals surface area contributed by atoms with Gasteiger partial charge in [0.2, 0.25) is 0 Å². The van der Waals surface area contributed by atoms with E-state index in [-0.39, 0.29) is 0 Å². The normalized spacial score (nSPS) is 11.4. The highest BCUT2D eigenvalue weighted by molar-refractivity contribution is 6.08. The second-order valence-electron chi connectivity index (χ2n) is 16.9. The van der Waals surface area contributed by atoms with Crippen molar-refractivity contribution >= 4 is 44.9 Å². The molecule has 0 saturated heterocycles. The van der Waals surface area contributed by atoms with Crippen LogP contribution in [0.25, 0.3) is 66.4 Å². The molecule has 1 aliphatic rings. The van der Waals surface area contributed by atoms with E-state index in [1.807, 2.05) is 0 Å². The molecule has 0 aliphatic carbocycles. The van der Waals surface area contributed by atoms with Gasteiger partial charge in [-0.25, -0.2) is 0 Å². The third-order valence-electron chi connectivity index (χ3n) is 12.9. The van der Waals surface area contributed by atoms with Gasteiger partial charge < -0.3 is 14.5 Å². The van der Waals surface area contributed by atoms with Gasteiger partial charge in [0.25, 0.3) is 0 Å². The van der Waals surface area contributed by atoms with Crippen LogP contribution in [0.5, 0.6) is 11.5 Å². The lowest BCUT2D eigenvalue weighted by atomic mass is 9.93. The molecule has 1 heterocycles. The molecule has 0 radical (unpaired) electrons. The molecule has 0 amide bonds. The van der Waals surface area contributed by atoms with Gasteiger partial charge in [-0.2, -0.15) is 0 Å². The van der Waals surface area contributed by atoms with Crippen molar-refractivity contribution in [3.05, 3.63) is 267 Å². The van der Waals surface area contributed by atoms with E-state index < -0.39 is 0 Å². The van der Waals surface area contributed by atoms with Crippen LogP contribution in [-0.2, 0) is 0 Å². The van der Waals surface area contributed by atoms with Crippen molar-refractivity contribution < 1.29 is 4.74 Å². The molecule has 11 aromatic carbocycles. The molecule has 0 bridgehead atoms. The standard InChI is InChI=1S/C64H44N2O/c1-5-14-45(15-6-1)49-24-33-54(34-25-49)65(55-35-26-50(27-36-55)46-16-7-2-8-17-46)58-41-43-62-60(44-58)59-23-13-22-53-32-42-61(64(67-62)63(53)59)66(56-37-28-51(29-38-56)47-18-9-3-10-19-47)57-39-30-52(31-40-57)48-20-11-4-12-21-48/h1-44H. The van der Waals surface area contributed by atoms with E-state index in [1.54, 1.807) is 0 Å². The average Bonchev–Trinajstić information content (AvgIpc) is 3.41. The first-order chi connectivity index (χ1) is 33.2. The summed E-state index contributed by atoms with van der Waals surface area (Å²) in [6.07, 6.45) is 0. The molecule has 0 atom stereocenters. The van der Waals surface area contributed by atoms with Crippen LogP contribution in [0.1, 0.15) is 0 Å². The van der Waals surface area contributed by atoms with Crippen molar-refractivity contribution in [1.82, 2.24) is 0 Å². The average molecular weight is 857 g/mol. The Kier molecular flexibility index (Phi) is 10.2. The van der Waals surface area contributed by atoms with E-state index in [0.717, 1.165) is 67.5 Å². The highest BCUT2D eigenvalue weighted by Gasteiger charge is 2.28. The van der Waals surface area contributed by atoms with Gasteiger partial charge in [-0.05, 0) is 128 Å². The Morgan fingerprint density at radius 1 is 0.254 bits per heavy atom. The number of hydrogen-bond donors (Lipinski definition) is 0. The molecule has 67 heavy (non-hydrogen) atoms. The molecular formula is C64H44N2O. The van der Waals surface area contributed by atoms with Crippen molar-refractivity contribution in [1.29, 1.82) is 0 Å². The van der Waals surface area contributed by atoms with Gasteiger partial charge in [-0.1, -0.05) is 194 Å². The Bertz CT molecular complexity index is 3320. The Hall–Kier alpha value is -8.92. The fourth-order valence-corrected chi connectivity index (χ4v) is 9.51. The first-order valence-corrected chi connectivity index (χ1v) is 22.8. The Labute approximate surface area is 391 Å². The van der Waals surface area contributed by atoms with Crippen molar-refractivity contribution in [2.75, 3.05) is 9.80 Å². The first-order valence-electron chi connectivity index (χ1n) is 22.8. The SMILES string of the molecule is c1ccc(-c2ccc(N(c3ccc(-c4ccccc4)cc3)c3ccc4c(c3)-c3cccc5ccc(N(c6ccc(-c7ccccc7)cc6)c6ccc(-c7ccccc7)cc6)c(c35)O4)cc2)cc1. The van der Waals surface area contributed by atoms with Gasteiger partial charge in [-0.3, -0.25) is 0 Å². The minimum absolute atomic E-state index is 0.814. The van der Waals surface area contributed by atoms with Crippen LogP contribution in [0.4, 0.5) is 34.1 Å². The minimum Gasteiger partial charge on any atom is -0.454 e. The Morgan fingerprint density at radius 2 is 0.627 bits per heavy atom. The summed E-state index contributed by atoms with van der Waals surface area (Å²) in [5.74, 6) is 1.64. The van der Waals surface area contributed by atoms with Crippen molar-refractivity contribution in [2.24, 2.45) is 0 Å². The molecule has 12 rings (SSSR count). The van der Waals surface area contributed by atoms with Crippen LogP contribution in [0, 0.1) is 0 Å². The number of nitrogens with zero attached hydrogens (tertiary/aromatic N) is 2. The minimum atomic E-state index is 0.814. The fourth-order valence-electron chi connectivity index (χ4n) is 9.51. The van der Waals surface area contributed by atoms with Crippen molar-refractivity contribution in [3.63, 3.8) is 0 Å². The summed E-state index contributed by atoms with van der Waals surface area (Å²) in [6.45, 7) is 0. The topological polar surface area (TPSA) is 15.7 Å². The van der Waals surface area contributed by atoms with Crippen LogP contribution in [0.2, 0.25) is 0 Å². The van der Waals surface area contributed by atoms with Gasteiger partial charge in [0, 0.05) is 39.4 Å². The molecule has 3 nitrogen and oxygen atoms in total. The number of anilines is 6. The summed E-state index contributed by atoms with van der Waals surface area (Å²) in [4.78, 5) is 4.67. The van der Waals surface area contributed by atoms with Crippen molar-refractivity contribution in [2.45, 2.75) is 0 Å². The molecule has 0 unspecified atom stereocenters. The van der Waals surface area contributed by atoms with E-state index in [1.165, 1.54) is 44.5 Å². The number of fused-ring (bicyclic) bond motifs is 2. The van der Waals surface area contributed by atoms with Crippen LogP contribution in [-0.4, -0.2) is 0 Å². The van der Waals surface area contributed by atoms with E-state index >= 15 is 0 Å². The molecule has 0 aromatic heterocycles. The molecule has 0 spiro atoms. The predicted molar refractivity (Wildman–Crippen MR) is 281 cm³/mol. The third kappa shape index (κ3) is 7.59. The Balaban J connectivity index is 0.978. The number of hydrogen-bond acceptors (Lipinski definition) is 3. The number of rotatable bonds is 10. The van der Waals surface area contributed by atoms with Crippen molar-refractivity contribution in [3.8, 4) is 67.1 Å². The maximum absolute atomic E-state index is 7.21. The largest absolute Gasteiger partial charge is 0.454 e. The zero-order valence-electron chi connectivity index (χ0n) is 36.7. The summed E-state index contributed by atoms with van der Waals surface area (Å²) >= 11 is 0. The van der Waals surface area contributed by atoms with Gasteiger partial charge in [0.1, 0.15) is 5.75 Å². The predicted octanol–water partition coefficient (Wildman–Crippen LogP) is 18.2. The second-order valence-corrected chi connectivity index (χ2v) is 16.9. The molecule has 0 saturated carbocycles. The number of ether oxygens (including phenoxy) is 1. The summed E-state index contributed by atoms with van der Waals surface area (Å²) in [5, 5.41) is 2.21. The second kappa shape index (κ2) is 17.2. The van der Waals surface area contributed by atoms with E-state index in [0.29, 0.717) is 0 Å². The summed E-state index contributed by atoms with van der Waals surface area (Å²) in [5.41, 5.74) is 17.8. The molecule has 1 aliphatic heterocycles. The van der Waals surface area contributed by atoms with Gasteiger partial charge in [0.05, 0.1) is 5.69 Å². The van der Waals surface area contributed by atoms with Gasteiger partial charge in [0.15, 0.2) is 5.75 Å². The smallest absolute Gasteiger partial charge is 0.159 e. The monoisotopic (exact) mass is 856 g/mol. The zero-order valence-corrected chi connectivity index (χ0v) is 36.7. The van der Waals surface area contributed by atoms with E-state index in [2.05, 4.69) is 277 Å². The van der Waals surface area contributed by atoms with E-state index in [4.69, 9.17) is 4.74 Å². The maximum Gasteiger partial charge on any atom is 0.159 e. The molecule has 0 N–H and O–H groups in total. The summed E-state index contributed by atoms with van der Waals surface area (Å²) in [6, 6.07) is 95.3. The molecule has 0 fully saturated rings. The molecule has 11 aromatic rings. The first kappa shape index (κ1) is 39.7. The number of benzene rings is 11. The van der Waals surface area contributed by atoms with Crippen LogP contribution in [0.15, 0.2) is 267 Å². The van der Waals surface area contributed by atoms with E-state index in [9.17, 15) is 0 Å². The lowest BCUT2D eigenvalue weighted by Crippen LogP contribution is -2.13. The maximum atomic E-state index is 7.21. The van der Waals surface area contributed by atoms with Gasteiger partial charge >= 0.3 is 0 Å². The lowest BCUT2D eigenvalue weighted by molar-refractivity contribution is 0.488. The van der Waals surface area contributed by atoms with Crippen LogP contribution in [0.3, 0.4) is 0 Å². The summed E-state index contributed by atoms with van der Waals surface area (Å²) < 4.78 is 7.21. The molecular weight excluding hydrogens is 813 g/mol. The third-order valence-corrected chi connectivity index (χ3v) is 12.9. The fraction of sp³-hybridized carbons (Fsp3) is 0. The van der Waals surface area contributed by atoms with Crippen LogP contribution >= 0.6 is 0 Å². The van der Waals surface area contributed by atoms with Gasteiger partial charge in [-0.15, -0.1) is 0 Å². The quantitative estimate of drug-likeness (QED) is 0.136. The molecule has 316 valence electrons. The highest BCUT2D eigenvalue weighted by Crippen LogP contribution is 2.54. The Morgan fingerprint density at radius 3 is 1.04 bits per heavy atom. The highest BCUT2D eigenvalue weighted by atomic mass is 16.5. The molecule has 3 heteroatoms. The van der Waals surface area contributed by atoms with Crippen LogP contribution < -0.4 is 14.5 Å². The lowest BCUT2D eigenvalue weighted by Gasteiger charge is -2.32. The zero-order chi connectivity index (χ0) is 44.5.